The molecule has 2 heteroatoms. The fourth-order valence-electron chi connectivity index (χ4n) is 1.48. The Kier molecular flexibility index (Phi) is 5.94. The summed E-state index contributed by atoms with van der Waals surface area (Å²) < 4.78 is 0. The highest BCUT2D eigenvalue weighted by atomic mass is 16.3. The van der Waals surface area contributed by atoms with E-state index in [2.05, 4.69) is 38.9 Å². The third kappa shape index (κ3) is 3.76. The molecule has 0 heterocycles. The van der Waals surface area contributed by atoms with Crippen molar-refractivity contribution < 1.29 is 0 Å². The van der Waals surface area contributed by atoms with Gasteiger partial charge in [-0.25, -0.2) is 0 Å². The molecule has 0 saturated heterocycles. The number of nitroso groups, excluding NO2 is 1. The second kappa shape index (κ2) is 6.41. The largest absolute Gasteiger partial charge is 0.145 e. The molecule has 1 rings (SSSR count). The molecule has 0 fully saturated rings. The van der Waals surface area contributed by atoms with Gasteiger partial charge < -0.3 is 0 Å². The first-order chi connectivity index (χ1) is 7.49. The zero-order chi connectivity index (χ0) is 12.8. The minimum Gasteiger partial charge on any atom is -0.145 e. The van der Waals surface area contributed by atoms with Crippen LogP contribution in [0.4, 0.5) is 5.69 Å². The van der Waals surface area contributed by atoms with Crippen LogP contribution < -0.4 is 0 Å². The molecule has 16 heavy (non-hydrogen) atoms. The minimum absolute atomic E-state index is 0.0194. The van der Waals surface area contributed by atoms with E-state index >= 15 is 0 Å². The smallest absolute Gasteiger partial charge is 0.111 e. The molecule has 0 aromatic heterocycles. The first kappa shape index (κ1) is 14.8. The Morgan fingerprint density at radius 3 is 2.12 bits per heavy atom. The average molecular weight is 221 g/mol. The van der Waals surface area contributed by atoms with Crippen LogP contribution >= 0.6 is 0 Å². The highest BCUT2D eigenvalue weighted by Crippen LogP contribution is 2.32. The summed E-state index contributed by atoms with van der Waals surface area (Å²) in [6.07, 6.45) is 0.988. The number of hydrogen-bond donors (Lipinski definition) is 0. The molecule has 0 amide bonds. The summed E-state index contributed by atoms with van der Waals surface area (Å²) in [5.74, 6) is 0. The third-order valence-corrected chi connectivity index (χ3v) is 2.38. The molecule has 1 aromatic rings. The van der Waals surface area contributed by atoms with Gasteiger partial charge in [-0.3, -0.25) is 0 Å². The van der Waals surface area contributed by atoms with Gasteiger partial charge >= 0.3 is 0 Å². The minimum atomic E-state index is -0.0194. The lowest BCUT2D eigenvalue weighted by Crippen LogP contribution is -2.11. The topological polar surface area (TPSA) is 29.4 Å². The summed E-state index contributed by atoms with van der Waals surface area (Å²) in [6, 6.07) is 5.86. The van der Waals surface area contributed by atoms with E-state index in [0.29, 0.717) is 5.69 Å². The van der Waals surface area contributed by atoms with E-state index in [1.165, 1.54) is 5.56 Å². The van der Waals surface area contributed by atoms with Crippen LogP contribution in [0.25, 0.3) is 0 Å². The van der Waals surface area contributed by atoms with Gasteiger partial charge in [0.15, 0.2) is 0 Å². The number of aryl methyl sites for hydroxylation is 1. The lowest BCUT2D eigenvalue weighted by atomic mass is 9.84. The summed E-state index contributed by atoms with van der Waals surface area (Å²) >= 11 is 0. The van der Waals surface area contributed by atoms with E-state index in [9.17, 15) is 4.91 Å². The third-order valence-electron chi connectivity index (χ3n) is 2.38. The summed E-state index contributed by atoms with van der Waals surface area (Å²) in [6.45, 7) is 12.4. The maximum atomic E-state index is 10.6. The fourth-order valence-corrected chi connectivity index (χ4v) is 1.48. The van der Waals surface area contributed by atoms with Gasteiger partial charge in [-0.1, -0.05) is 53.7 Å². The van der Waals surface area contributed by atoms with Crippen molar-refractivity contribution in [3.8, 4) is 0 Å². The quantitative estimate of drug-likeness (QED) is 0.648. The molecule has 0 unspecified atom stereocenters. The molecular weight excluding hydrogens is 198 g/mol. The zero-order valence-corrected chi connectivity index (χ0v) is 11.3. The predicted octanol–water partition coefficient (Wildman–Crippen LogP) is 4.97. The molecule has 0 aliphatic carbocycles. The van der Waals surface area contributed by atoms with Crippen molar-refractivity contribution >= 4 is 5.69 Å². The lowest BCUT2D eigenvalue weighted by Gasteiger charge is -2.20. The van der Waals surface area contributed by atoms with Crippen LogP contribution in [0.2, 0.25) is 0 Å². The highest BCUT2D eigenvalue weighted by Gasteiger charge is 2.18. The van der Waals surface area contributed by atoms with Crippen molar-refractivity contribution in [2.45, 2.75) is 53.4 Å². The molecule has 1 aromatic carbocycles. The summed E-state index contributed by atoms with van der Waals surface area (Å²) in [4.78, 5) is 10.6. The normalized spacial score (nSPS) is 10.4. The van der Waals surface area contributed by atoms with Crippen LogP contribution in [0.15, 0.2) is 23.4 Å². The Hall–Kier alpha value is -1.18. The number of nitrogens with zero attached hydrogens (tertiary/aromatic N) is 1. The first-order valence-corrected chi connectivity index (χ1v) is 5.95. The Bertz CT molecular complexity index is 337. The second-order valence-corrected chi connectivity index (χ2v) is 4.55. The first-order valence-electron chi connectivity index (χ1n) is 5.95. The van der Waals surface area contributed by atoms with Gasteiger partial charge in [-0.05, 0) is 34.2 Å². The number of benzene rings is 1. The monoisotopic (exact) mass is 221 g/mol. The molecule has 0 aliphatic rings. The van der Waals surface area contributed by atoms with Gasteiger partial charge in [-0.15, -0.1) is 4.91 Å². The molecule has 0 aliphatic heterocycles. The van der Waals surface area contributed by atoms with Crippen LogP contribution in [-0.4, -0.2) is 0 Å². The molecule has 0 bridgehead atoms. The summed E-state index contributed by atoms with van der Waals surface area (Å²) in [7, 11) is 0. The van der Waals surface area contributed by atoms with E-state index in [0.717, 1.165) is 12.0 Å². The zero-order valence-electron chi connectivity index (χ0n) is 11.3. The van der Waals surface area contributed by atoms with Crippen molar-refractivity contribution in [2.75, 3.05) is 0 Å². The van der Waals surface area contributed by atoms with E-state index in [1.807, 2.05) is 26.0 Å². The Balaban J connectivity index is 0.00000106. The lowest BCUT2D eigenvalue weighted by molar-refractivity contribution is 0.590. The van der Waals surface area contributed by atoms with Crippen LogP contribution in [-0.2, 0) is 11.8 Å². The van der Waals surface area contributed by atoms with Crippen molar-refractivity contribution in [3.05, 3.63) is 34.2 Å². The van der Waals surface area contributed by atoms with E-state index in [4.69, 9.17) is 0 Å². The van der Waals surface area contributed by atoms with Crippen LogP contribution in [0, 0.1) is 4.91 Å². The number of rotatable bonds is 2. The van der Waals surface area contributed by atoms with Gasteiger partial charge in [0, 0.05) is 0 Å². The molecular formula is C14H23NO. The number of hydrogen-bond acceptors (Lipinski definition) is 2. The van der Waals surface area contributed by atoms with E-state index < -0.39 is 0 Å². The molecule has 90 valence electrons. The summed E-state index contributed by atoms with van der Waals surface area (Å²) in [5.41, 5.74) is 2.83. The molecule has 2 nitrogen and oxygen atoms in total. The maximum absolute atomic E-state index is 10.6. The van der Waals surface area contributed by atoms with Gasteiger partial charge in [-0.2, -0.15) is 0 Å². The molecule has 0 radical (unpaired) electrons. The molecule has 0 N–H and O–H groups in total. The van der Waals surface area contributed by atoms with Gasteiger partial charge in [0.05, 0.1) is 0 Å². The highest BCUT2D eigenvalue weighted by molar-refractivity contribution is 5.51. The van der Waals surface area contributed by atoms with Crippen molar-refractivity contribution in [1.82, 2.24) is 0 Å². The fraction of sp³-hybridized carbons (Fsp3) is 0.571. The van der Waals surface area contributed by atoms with Crippen molar-refractivity contribution in [2.24, 2.45) is 5.18 Å². The van der Waals surface area contributed by atoms with Gasteiger partial charge in [0.2, 0.25) is 0 Å². The van der Waals surface area contributed by atoms with Crippen LogP contribution in [0.1, 0.15) is 52.7 Å². The van der Waals surface area contributed by atoms with Gasteiger partial charge in [0.1, 0.15) is 5.69 Å². The van der Waals surface area contributed by atoms with E-state index in [1.54, 1.807) is 0 Å². The standard InChI is InChI=1S/C12H17NO.C2H6/c1-5-9-6-7-11(13-14)10(8-9)12(2,3)4;1-2/h6-8H,5H2,1-4H3;1-2H3. The Labute approximate surface area is 99.1 Å². The van der Waals surface area contributed by atoms with Crippen molar-refractivity contribution in [3.63, 3.8) is 0 Å². The Morgan fingerprint density at radius 1 is 1.19 bits per heavy atom. The van der Waals surface area contributed by atoms with E-state index in [-0.39, 0.29) is 5.41 Å². The maximum Gasteiger partial charge on any atom is 0.111 e. The average Bonchev–Trinajstić information content (AvgIpc) is 2.29. The molecule has 0 saturated carbocycles. The predicted molar refractivity (Wildman–Crippen MR) is 71.3 cm³/mol. The van der Waals surface area contributed by atoms with Crippen LogP contribution in [0.3, 0.4) is 0 Å². The SMILES string of the molecule is CC.CCc1ccc(N=O)c(C(C)(C)C)c1. The second-order valence-electron chi connectivity index (χ2n) is 4.55. The molecule has 0 spiro atoms. The Morgan fingerprint density at radius 2 is 1.75 bits per heavy atom. The van der Waals surface area contributed by atoms with Crippen molar-refractivity contribution in [1.29, 1.82) is 0 Å². The van der Waals surface area contributed by atoms with Gasteiger partial charge in [0.25, 0.3) is 0 Å². The summed E-state index contributed by atoms with van der Waals surface area (Å²) in [5, 5.41) is 3.06. The van der Waals surface area contributed by atoms with Crippen LogP contribution in [0.5, 0.6) is 0 Å². The molecule has 0 atom stereocenters.